The van der Waals surface area contributed by atoms with Crippen molar-refractivity contribution < 1.29 is 9.21 Å². The summed E-state index contributed by atoms with van der Waals surface area (Å²) in [5.41, 5.74) is 2.40. The largest absolute Gasteiger partial charge is 0.461 e. The van der Waals surface area contributed by atoms with Gasteiger partial charge in [-0.2, -0.15) is 0 Å². The molecule has 18 heavy (non-hydrogen) atoms. The van der Waals surface area contributed by atoms with Crippen LogP contribution in [0.25, 0.3) is 11.3 Å². The summed E-state index contributed by atoms with van der Waals surface area (Å²) in [5, 5.41) is 0. The molecular formula is C16H18O2. The zero-order chi connectivity index (χ0) is 13.0. The summed E-state index contributed by atoms with van der Waals surface area (Å²) in [6, 6.07) is 12.2. The SMILES string of the molecule is CCCc1ccc(-c2ccc(CC(C)=O)o2)cc1. The molecule has 2 rings (SSSR count). The second kappa shape index (κ2) is 5.67. The molecule has 0 aliphatic rings. The maximum atomic E-state index is 11.0. The lowest BCUT2D eigenvalue weighted by molar-refractivity contribution is -0.116. The van der Waals surface area contributed by atoms with E-state index in [1.54, 1.807) is 6.92 Å². The molecule has 94 valence electrons. The van der Waals surface area contributed by atoms with Gasteiger partial charge in [0.2, 0.25) is 0 Å². The Balaban J connectivity index is 2.15. The highest BCUT2D eigenvalue weighted by Gasteiger charge is 2.06. The molecule has 1 heterocycles. The second-order valence-corrected chi connectivity index (χ2v) is 4.59. The fraction of sp³-hybridized carbons (Fsp3) is 0.312. The number of furan rings is 1. The van der Waals surface area contributed by atoms with E-state index in [4.69, 9.17) is 4.42 Å². The number of hydrogen-bond donors (Lipinski definition) is 0. The maximum absolute atomic E-state index is 11.0. The van der Waals surface area contributed by atoms with Gasteiger partial charge in [-0.1, -0.05) is 37.6 Å². The van der Waals surface area contributed by atoms with Crippen LogP contribution in [0.5, 0.6) is 0 Å². The van der Waals surface area contributed by atoms with E-state index < -0.39 is 0 Å². The van der Waals surface area contributed by atoms with Crippen LogP contribution in [0, 0.1) is 0 Å². The van der Waals surface area contributed by atoms with Crippen LogP contribution in [0.4, 0.5) is 0 Å². The minimum absolute atomic E-state index is 0.120. The van der Waals surface area contributed by atoms with Crippen LogP contribution in [0.15, 0.2) is 40.8 Å². The number of benzene rings is 1. The summed E-state index contributed by atoms with van der Waals surface area (Å²) in [6.45, 7) is 3.75. The van der Waals surface area contributed by atoms with Gasteiger partial charge in [0.05, 0.1) is 6.42 Å². The number of hydrogen-bond acceptors (Lipinski definition) is 2. The van der Waals surface area contributed by atoms with Crippen molar-refractivity contribution in [1.82, 2.24) is 0 Å². The van der Waals surface area contributed by atoms with E-state index in [2.05, 4.69) is 31.2 Å². The molecule has 1 aromatic heterocycles. The number of Topliss-reactive ketones (excluding diaryl/α,β-unsaturated/α-hetero) is 1. The normalized spacial score (nSPS) is 10.6. The van der Waals surface area contributed by atoms with Crippen LogP contribution >= 0.6 is 0 Å². The van der Waals surface area contributed by atoms with Crippen LogP contribution in [0.3, 0.4) is 0 Å². The first-order valence-electron chi connectivity index (χ1n) is 6.36. The Morgan fingerprint density at radius 2 is 1.83 bits per heavy atom. The molecule has 0 aliphatic heterocycles. The molecule has 0 radical (unpaired) electrons. The molecule has 0 bridgehead atoms. The zero-order valence-corrected chi connectivity index (χ0v) is 10.9. The van der Waals surface area contributed by atoms with E-state index in [9.17, 15) is 4.79 Å². The summed E-state index contributed by atoms with van der Waals surface area (Å²) >= 11 is 0. The Bertz CT molecular complexity index is 520. The highest BCUT2D eigenvalue weighted by Crippen LogP contribution is 2.23. The van der Waals surface area contributed by atoms with E-state index >= 15 is 0 Å². The van der Waals surface area contributed by atoms with Crippen molar-refractivity contribution in [3.05, 3.63) is 47.7 Å². The fourth-order valence-electron chi connectivity index (χ4n) is 2.00. The topological polar surface area (TPSA) is 30.2 Å². The zero-order valence-electron chi connectivity index (χ0n) is 10.9. The van der Waals surface area contributed by atoms with Crippen molar-refractivity contribution in [2.24, 2.45) is 0 Å². The molecule has 0 atom stereocenters. The van der Waals surface area contributed by atoms with E-state index in [-0.39, 0.29) is 5.78 Å². The van der Waals surface area contributed by atoms with Gasteiger partial charge in [0.1, 0.15) is 17.3 Å². The predicted octanol–water partition coefficient (Wildman–Crippen LogP) is 4.03. The summed E-state index contributed by atoms with van der Waals surface area (Å²) < 4.78 is 5.66. The van der Waals surface area contributed by atoms with Crippen LogP contribution in [-0.4, -0.2) is 5.78 Å². The van der Waals surface area contributed by atoms with Gasteiger partial charge in [-0.15, -0.1) is 0 Å². The quantitative estimate of drug-likeness (QED) is 0.792. The molecule has 0 unspecified atom stereocenters. The highest BCUT2D eigenvalue weighted by atomic mass is 16.3. The monoisotopic (exact) mass is 242 g/mol. The van der Waals surface area contributed by atoms with Gasteiger partial charge in [0, 0.05) is 5.56 Å². The maximum Gasteiger partial charge on any atom is 0.137 e. The lowest BCUT2D eigenvalue weighted by Crippen LogP contribution is -1.93. The fourth-order valence-corrected chi connectivity index (χ4v) is 2.00. The summed E-state index contributed by atoms with van der Waals surface area (Å²) in [5.74, 6) is 1.68. The predicted molar refractivity (Wildman–Crippen MR) is 72.5 cm³/mol. The molecule has 0 fully saturated rings. The van der Waals surface area contributed by atoms with Gasteiger partial charge in [-0.3, -0.25) is 4.79 Å². The molecule has 0 saturated heterocycles. The lowest BCUT2D eigenvalue weighted by atomic mass is 10.1. The lowest BCUT2D eigenvalue weighted by Gasteiger charge is -2.00. The van der Waals surface area contributed by atoms with Crippen molar-refractivity contribution in [1.29, 1.82) is 0 Å². The van der Waals surface area contributed by atoms with Crippen molar-refractivity contribution in [2.45, 2.75) is 33.1 Å². The molecule has 0 amide bonds. The van der Waals surface area contributed by atoms with E-state index in [1.807, 2.05) is 12.1 Å². The molecule has 2 nitrogen and oxygen atoms in total. The Morgan fingerprint density at radius 1 is 1.11 bits per heavy atom. The average Bonchev–Trinajstić information content (AvgIpc) is 2.78. The molecule has 0 N–H and O–H groups in total. The first-order valence-corrected chi connectivity index (χ1v) is 6.36. The number of ketones is 1. The molecular weight excluding hydrogens is 224 g/mol. The van der Waals surface area contributed by atoms with Crippen LogP contribution in [0.1, 0.15) is 31.6 Å². The molecule has 2 aromatic rings. The minimum Gasteiger partial charge on any atom is -0.461 e. The third kappa shape index (κ3) is 3.10. The van der Waals surface area contributed by atoms with Crippen molar-refractivity contribution in [2.75, 3.05) is 0 Å². The van der Waals surface area contributed by atoms with Crippen molar-refractivity contribution in [3.8, 4) is 11.3 Å². The van der Waals surface area contributed by atoms with E-state index in [0.717, 1.165) is 29.9 Å². The number of aryl methyl sites for hydroxylation is 1. The Morgan fingerprint density at radius 3 is 2.44 bits per heavy atom. The third-order valence-corrected chi connectivity index (χ3v) is 2.86. The van der Waals surface area contributed by atoms with Crippen LogP contribution in [-0.2, 0) is 17.6 Å². The van der Waals surface area contributed by atoms with E-state index in [1.165, 1.54) is 5.56 Å². The first kappa shape index (κ1) is 12.6. The van der Waals surface area contributed by atoms with Gasteiger partial charge in [-0.25, -0.2) is 0 Å². The van der Waals surface area contributed by atoms with Gasteiger partial charge < -0.3 is 4.42 Å². The molecule has 2 heteroatoms. The average molecular weight is 242 g/mol. The smallest absolute Gasteiger partial charge is 0.137 e. The standard InChI is InChI=1S/C16H18O2/c1-3-4-13-5-7-14(8-6-13)16-10-9-15(18-16)11-12(2)17/h5-10H,3-4,11H2,1-2H3. The van der Waals surface area contributed by atoms with Gasteiger partial charge in [0.25, 0.3) is 0 Å². The molecule has 0 aliphatic carbocycles. The Hall–Kier alpha value is -1.83. The summed E-state index contributed by atoms with van der Waals surface area (Å²) in [6.07, 6.45) is 2.63. The molecule has 0 spiro atoms. The highest BCUT2D eigenvalue weighted by molar-refractivity contribution is 5.77. The molecule has 1 aromatic carbocycles. The Labute approximate surface area is 108 Å². The Kier molecular flexibility index (Phi) is 3.98. The number of rotatable bonds is 5. The minimum atomic E-state index is 0.120. The third-order valence-electron chi connectivity index (χ3n) is 2.86. The van der Waals surface area contributed by atoms with Crippen LogP contribution < -0.4 is 0 Å². The van der Waals surface area contributed by atoms with Gasteiger partial charge >= 0.3 is 0 Å². The van der Waals surface area contributed by atoms with Crippen molar-refractivity contribution in [3.63, 3.8) is 0 Å². The van der Waals surface area contributed by atoms with Gasteiger partial charge in [0.15, 0.2) is 0 Å². The molecule has 0 saturated carbocycles. The van der Waals surface area contributed by atoms with Crippen molar-refractivity contribution >= 4 is 5.78 Å². The van der Waals surface area contributed by atoms with E-state index in [0.29, 0.717) is 6.42 Å². The van der Waals surface area contributed by atoms with Crippen LogP contribution in [0.2, 0.25) is 0 Å². The number of carbonyl (C=O) groups excluding carboxylic acids is 1. The summed E-state index contributed by atoms with van der Waals surface area (Å²) in [4.78, 5) is 11.0. The number of carbonyl (C=O) groups is 1. The van der Waals surface area contributed by atoms with Gasteiger partial charge in [-0.05, 0) is 31.0 Å². The first-order chi connectivity index (χ1) is 8.69. The summed E-state index contributed by atoms with van der Waals surface area (Å²) in [7, 11) is 0. The second-order valence-electron chi connectivity index (χ2n) is 4.59.